The van der Waals surface area contributed by atoms with Crippen molar-refractivity contribution in [2.24, 2.45) is 5.73 Å². The van der Waals surface area contributed by atoms with Crippen molar-refractivity contribution >= 4 is 0 Å². The average molecular weight is 266 g/mol. The molecule has 19 heavy (non-hydrogen) atoms. The van der Waals surface area contributed by atoms with Gasteiger partial charge in [0.2, 0.25) is 0 Å². The fourth-order valence-corrected chi connectivity index (χ4v) is 3.01. The van der Waals surface area contributed by atoms with Crippen molar-refractivity contribution < 1.29 is 9.15 Å². The predicted octanol–water partition coefficient (Wildman–Crippen LogP) is 2.48. The Kier molecular flexibility index (Phi) is 4.66. The number of furan rings is 1. The first kappa shape index (κ1) is 14.6. The summed E-state index contributed by atoms with van der Waals surface area (Å²) < 4.78 is 11.5. The van der Waals surface area contributed by atoms with E-state index in [-0.39, 0.29) is 18.2 Å². The highest BCUT2D eigenvalue weighted by molar-refractivity contribution is 5.12. The van der Waals surface area contributed by atoms with E-state index in [9.17, 15) is 0 Å². The van der Waals surface area contributed by atoms with Crippen LogP contribution in [0.3, 0.4) is 0 Å². The molecule has 1 fully saturated rings. The van der Waals surface area contributed by atoms with Crippen LogP contribution in [0.15, 0.2) is 16.5 Å². The fourth-order valence-electron chi connectivity index (χ4n) is 3.01. The number of rotatable bonds is 5. The lowest BCUT2D eigenvalue weighted by Crippen LogP contribution is -2.46. The highest BCUT2D eigenvalue weighted by Gasteiger charge is 2.35. The van der Waals surface area contributed by atoms with Crippen LogP contribution in [0.5, 0.6) is 0 Å². The highest BCUT2D eigenvalue weighted by Crippen LogP contribution is 2.31. The summed E-state index contributed by atoms with van der Waals surface area (Å²) in [6.07, 6.45) is 2.24. The first-order chi connectivity index (χ1) is 9.04. The van der Waals surface area contributed by atoms with E-state index in [1.165, 1.54) is 0 Å². The number of hydrogen-bond donors (Lipinski definition) is 1. The van der Waals surface area contributed by atoms with Crippen LogP contribution in [-0.2, 0) is 4.74 Å². The van der Waals surface area contributed by atoms with Crippen LogP contribution in [0.25, 0.3) is 0 Å². The van der Waals surface area contributed by atoms with Crippen LogP contribution in [-0.4, -0.2) is 36.7 Å². The number of nitrogens with zero attached hydrogens (tertiary/aromatic N) is 1. The third-order valence-corrected chi connectivity index (χ3v) is 4.23. The molecule has 2 heterocycles. The van der Waals surface area contributed by atoms with E-state index in [2.05, 4.69) is 25.8 Å². The average Bonchev–Trinajstić information content (AvgIpc) is 2.98. The number of aryl methyl sites for hydroxylation is 1. The topological polar surface area (TPSA) is 51.6 Å². The molecule has 4 atom stereocenters. The SMILES string of the molecule is CCC(N)C(c1ccc(C)o1)N(C)C1CCOC1C. The van der Waals surface area contributed by atoms with Crippen molar-refractivity contribution in [1.29, 1.82) is 0 Å². The molecule has 4 unspecified atom stereocenters. The Labute approximate surface area is 115 Å². The second-order valence-corrected chi connectivity index (χ2v) is 5.56. The van der Waals surface area contributed by atoms with Gasteiger partial charge < -0.3 is 14.9 Å². The molecule has 0 spiro atoms. The molecule has 0 bridgehead atoms. The van der Waals surface area contributed by atoms with Crippen molar-refractivity contribution in [1.82, 2.24) is 4.90 Å². The van der Waals surface area contributed by atoms with Crippen LogP contribution in [0.1, 0.15) is 44.3 Å². The molecule has 1 aliphatic heterocycles. The molecule has 1 aromatic rings. The summed E-state index contributed by atoms with van der Waals surface area (Å²) in [4.78, 5) is 2.34. The summed E-state index contributed by atoms with van der Waals surface area (Å²) >= 11 is 0. The Bertz CT molecular complexity index is 405. The minimum absolute atomic E-state index is 0.0725. The van der Waals surface area contributed by atoms with Crippen molar-refractivity contribution in [2.75, 3.05) is 13.7 Å². The van der Waals surface area contributed by atoms with E-state index in [0.29, 0.717) is 6.04 Å². The Hall–Kier alpha value is -0.840. The van der Waals surface area contributed by atoms with E-state index in [0.717, 1.165) is 31.0 Å². The molecule has 0 radical (unpaired) electrons. The Morgan fingerprint density at radius 1 is 1.47 bits per heavy atom. The summed E-state index contributed by atoms with van der Waals surface area (Å²) in [6, 6.07) is 4.66. The second-order valence-electron chi connectivity index (χ2n) is 5.56. The van der Waals surface area contributed by atoms with Gasteiger partial charge in [0, 0.05) is 18.7 Å². The van der Waals surface area contributed by atoms with E-state index in [1.807, 2.05) is 19.1 Å². The lowest BCUT2D eigenvalue weighted by atomic mass is 9.99. The number of nitrogens with two attached hydrogens (primary N) is 1. The maximum Gasteiger partial charge on any atom is 0.122 e. The zero-order valence-electron chi connectivity index (χ0n) is 12.4. The van der Waals surface area contributed by atoms with E-state index < -0.39 is 0 Å². The Balaban J connectivity index is 2.22. The smallest absolute Gasteiger partial charge is 0.122 e. The standard InChI is InChI=1S/C15H26N2O2/c1-5-12(16)15(14-7-6-10(2)19-14)17(4)13-8-9-18-11(13)3/h6-7,11-13,15H,5,8-9,16H2,1-4H3. The first-order valence-electron chi connectivity index (χ1n) is 7.20. The molecule has 4 nitrogen and oxygen atoms in total. The quantitative estimate of drug-likeness (QED) is 0.889. The third-order valence-electron chi connectivity index (χ3n) is 4.23. The minimum atomic E-state index is 0.0725. The minimum Gasteiger partial charge on any atom is -0.465 e. The van der Waals surface area contributed by atoms with Gasteiger partial charge in [-0.3, -0.25) is 4.90 Å². The van der Waals surface area contributed by atoms with Gasteiger partial charge in [-0.1, -0.05) is 6.92 Å². The molecule has 0 aromatic carbocycles. The van der Waals surface area contributed by atoms with Gasteiger partial charge >= 0.3 is 0 Å². The maximum atomic E-state index is 6.33. The van der Waals surface area contributed by atoms with Crippen molar-refractivity contribution in [3.05, 3.63) is 23.7 Å². The lowest BCUT2D eigenvalue weighted by molar-refractivity contribution is 0.0550. The van der Waals surface area contributed by atoms with Crippen LogP contribution in [0.2, 0.25) is 0 Å². The van der Waals surface area contributed by atoms with Gasteiger partial charge in [0.1, 0.15) is 11.5 Å². The zero-order valence-corrected chi connectivity index (χ0v) is 12.4. The Morgan fingerprint density at radius 2 is 2.21 bits per heavy atom. The molecule has 108 valence electrons. The van der Waals surface area contributed by atoms with E-state index in [1.54, 1.807) is 0 Å². The van der Waals surface area contributed by atoms with Crippen molar-refractivity contribution in [2.45, 2.75) is 57.8 Å². The molecule has 0 aliphatic carbocycles. The first-order valence-corrected chi connectivity index (χ1v) is 7.20. The van der Waals surface area contributed by atoms with Gasteiger partial charge in [0.05, 0.1) is 12.1 Å². The fraction of sp³-hybridized carbons (Fsp3) is 0.733. The monoisotopic (exact) mass is 266 g/mol. The van der Waals surface area contributed by atoms with Crippen molar-refractivity contribution in [3.63, 3.8) is 0 Å². The summed E-state index contributed by atoms with van der Waals surface area (Å²) in [7, 11) is 2.13. The number of hydrogen-bond acceptors (Lipinski definition) is 4. The van der Waals surface area contributed by atoms with E-state index >= 15 is 0 Å². The van der Waals surface area contributed by atoms with Gasteiger partial charge in [0.15, 0.2) is 0 Å². The molecule has 1 aliphatic rings. The second kappa shape index (κ2) is 6.07. The lowest BCUT2D eigenvalue weighted by Gasteiger charge is -2.36. The molecular weight excluding hydrogens is 240 g/mol. The van der Waals surface area contributed by atoms with Gasteiger partial charge in [-0.25, -0.2) is 0 Å². The number of likely N-dealkylation sites (N-methyl/N-ethyl adjacent to an activating group) is 1. The van der Waals surface area contributed by atoms with Crippen LogP contribution >= 0.6 is 0 Å². The maximum absolute atomic E-state index is 6.33. The summed E-state index contributed by atoms with van der Waals surface area (Å²) in [5.41, 5.74) is 6.33. The predicted molar refractivity (Wildman–Crippen MR) is 76.0 cm³/mol. The summed E-state index contributed by atoms with van der Waals surface area (Å²) in [5.74, 6) is 1.90. The Morgan fingerprint density at radius 3 is 2.68 bits per heavy atom. The molecule has 1 saturated heterocycles. The molecule has 1 aromatic heterocycles. The molecular formula is C15H26N2O2. The zero-order chi connectivity index (χ0) is 14.0. The van der Waals surface area contributed by atoms with Gasteiger partial charge in [0.25, 0.3) is 0 Å². The van der Waals surface area contributed by atoms with Gasteiger partial charge in [-0.2, -0.15) is 0 Å². The van der Waals surface area contributed by atoms with Crippen LogP contribution < -0.4 is 5.73 Å². The molecule has 2 N–H and O–H groups in total. The normalized spacial score (nSPS) is 26.8. The summed E-state index contributed by atoms with van der Waals surface area (Å²) in [6.45, 7) is 7.06. The largest absolute Gasteiger partial charge is 0.465 e. The highest BCUT2D eigenvalue weighted by atomic mass is 16.5. The van der Waals surface area contributed by atoms with Gasteiger partial charge in [-0.05, 0) is 45.9 Å². The van der Waals surface area contributed by atoms with Crippen LogP contribution in [0.4, 0.5) is 0 Å². The van der Waals surface area contributed by atoms with Crippen molar-refractivity contribution in [3.8, 4) is 0 Å². The molecule has 0 amide bonds. The number of ether oxygens (including phenoxy) is 1. The third kappa shape index (κ3) is 3.02. The van der Waals surface area contributed by atoms with E-state index in [4.69, 9.17) is 14.9 Å². The molecule has 2 rings (SSSR count). The molecule has 0 saturated carbocycles. The van der Waals surface area contributed by atoms with Crippen LogP contribution in [0, 0.1) is 6.92 Å². The van der Waals surface area contributed by atoms with Gasteiger partial charge in [-0.15, -0.1) is 0 Å². The summed E-state index contributed by atoms with van der Waals surface area (Å²) in [5, 5.41) is 0. The molecule has 4 heteroatoms.